The first-order valence-corrected chi connectivity index (χ1v) is 9.10. The van der Waals surface area contributed by atoms with Crippen LogP contribution in [0, 0.1) is 11.3 Å². The molecule has 1 aromatic rings. The van der Waals surface area contributed by atoms with Gasteiger partial charge in [-0.2, -0.15) is 0 Å². The molecule has 0 bridgehead atoms. The van der Waals surface area contributed by atoms with Crippen molar-refractivity contribution >= 4 is 21.7 Å². The Morgan fingerprint density at radius 1 is 1.29 bits per heavy atom. The number of aromatic nitrogens is 2. The van der Waals surface area contributed by atoms with Gasteiger partial charge in [0.2, 0.25) is 0 Å². The van der Waals surface area contributed by atoms with Crippen LogP contribution < -0.4 is 5.32 Å². The van der Waals surface area contributed by atoms with E-state index in [4.69, 9.17) is 0 Å². The summed E-state index contributed by atoms with van der Waals surface area (Å²) in [6, 6.07) is 2.00. The third kappa shape index (κ3) is 4.94. The van der Waals surface area contributed by atoms with E-state index in [1.807, 2.05) is 6.07 Å². The summed E-state index contributed by atoms with van der Waals surface area (Å²) in [7, 11) is 0. The molecule has 0 atom stereocenters. The molecular weight excluding hydrogens is 326 g/mol. The van der Waals surface area contributed by atoms with E-state index in [1.54, 1.807) is 0 Å². The highest BCUT2D eigenvalue weighted by Crippen LogP contribution is 2.43. The van der Waals surface area contributed by atoms with Crippen molar-refractivity contribution in [1.29, 1.82) is 0 Å². The van der Waals surface area contributed by atoms with Crippen molar-refractivity contribution in [2.75, 3.05) is 11.9 Å². The SMILES string of the molecule is CCCc1nc(Br)cc(NCC2(CC(C)C)CCCC2)n1. The summed E-state index contributed by atoms with van der Waals surface area (Å²) >= 11 is 3.50. The zero-order valence-electron chi connectivity index (χ0n) is 13.6. The fraction of sp³-hybridized carbons (Fsp3) is 0.765. The van der Waals surface area contributed by atoms with Crippen LogP contribution in [0.1, 0.15) is 65.1 Å². The Labute approximate surface area is 137 Å². The second-order valence-electron chi connectivity index (χ2n) is 6.90. The quantitative estimate of drug-likeness (QED) is 0.683. The van der Waals surface area contributed by atoms with Gasteiger partial charge in [-0.25, -0.2) is 9.97 Å². The summed E-state index contributed by atoms with van der Waals surface area (Å²) in [5.74, 6) is 2.66. The van der Waals surface area contributed by atoms with Crippen LogP contribution in [-0.2, 0) is 6.42 Å². The molecule has 0 saturated heterocycles. The zero-order valence-corrected chi connectivity index (χ0v) is 15.2. The molecule has 0 radical (unpaired) electrons. The maximum absolute atomic E-state index is 4.64. The molecule has 0 amide bonds. The van der Waals surface area contributed by atoms with Gasteiger partial charge in [-0.1, -0.05) is 33.6 Å². The van der Waals surface area contributed by atoms with E-state index >= 15 is 0 Å². The molecule has 0 spiro atoms. The minimum Gasteiger partial charge on any atom is -0.369 e. The Kier molecular flexibility index (Phi) is 6.03. The second kappa shape index (κ2) is 7.57. The second-order valence-corrected chi connectivity index (χ2v) is 7.71. The van der Waals surface area contributed by atoms with Gasteiger partial charge in [0.15, 0.2) is 0 Å². The molecule has 0 aliphatic heterocycles. The number of hydrogen-bond donors (Lipinski definition) is 1. The molecule has 21 heavy (non-hydrogen) atoms. The Morgan fingerprint density at radius 3 is 2.62 bits per heavy atom. The van der Waals surface area contributed by atoms with Crippen LogP contribution in [0.5, 0.6) is 0 Å². The maximum Gasteiger partial charge on any atom is 0.132 e. The minimum absolute atomic E-state index is 0.469. The molecule has 3 nitrogen and oxygen atoms in total. The van der Waals surface area contributed by atoms with Gasteiger partial charge in [-0.05, 0) is 52.9 Å². The van der Waals surface area contributed by atoms with Crippen molar-refractivity contribution in [1.82, 2.24) is 9.97 Å². The Morgan fingerprint density at radius 2 is 2.00 bits per heavy atom. The Bertz CT molecular complexity index is 453. The summed E-state index contributed by atoms with van der Waals surface area (Å²) in [6.45, 7) is 7.87. The van der Waals surface area contributed by atoms with Gasteiger partial charge < -0.3 is 5.32 Å². The largest absolute Gasteiger partial charge is 0.369 e. The molecule has 0 unspecified atom stereocenters. The van der Waals surface area contributed by atoms with E-state index < -0.39 is 0 Å². The van der Waals surface area contributed by atoms with Crippen molar-refractivity contribution in [3.05, 3.63) is 16.5 Å². The lowest BCUT2D eigenvalue weighted by molar-refractivity contribution is 0.252. The van der Waals surface area contributed by atoms with E-state index in [-0.39, 0.29) is 0 Å². The third-order valence-electron chi connectivity index (χ3n) is 4.36. The number of rotatable bonds is 7. The summed E-state index contributed by atoms with van der Waals surface area (Å²) in [6.07, 6.45) is 8.79. The summed E-state index contributed by atoms with van der Waals surface area (Å²) in [5, 5.41) is 3.59. The zero-order chi connectivity index (χ0) is 15.3. The molecule has 1 saturated carbocycles. The van der Waals surface area contributed by atoms with E-state index in [0.29, 0.717) is 5.41 Å². The average molecular weight is 354 g/mol. The maximum atomic E-state index is 4.64. The molecule has 4 heteroatoms. The molecule has 1 aromatic heterocycles. The van der Waals surface area contributed by atoms with Gasteiger partial charge in [0.05, 0.1) is 0 Å². The lowest BCUT2D eigenvalue weighted by Gasteiger charge is -2.31. The van der Waals surface area contributed by atoms with Crippen LogP contribution in [0.4, 0.5) is 5.82 Å². The lowest BCUT2D eigenvalue weighted by atomic mass is 9.78. The fourth-order valence-electron chi connectivity index (χ4n) is 3.61. The molecule has 1 heterocycles. The fourth-order valence-corrected chi connectivity index (χ4v) is 4.03. The number of halogens is 1. The molecule has 1 aliphatic carbocycles. The first-order valence-electron chi connectivity index (χ1n) is 8.30. The smallest absolute Gasteiger partial charge is 0.132 e. The van der Waals surface area contributed by atoms with Crippen LogP contribution in [0.15, 0.2) is 10.7 Å². The predicted molar refractivity (Wildman–Crippen MR) is 92.6 cm³/mol. The van der Waals surface area contributed by atoms with Gasteiger partial charge in [0, 0.05) is 19.0 Å². The van der Waals surface area contributed by atoms with E-state index in [2.05, 4.69) is 52.0 Å². The first kappa shape index (κ1) is 16.7. The number of nitrogens with one attached hydrogen (secondary N) is 1. The van der Waals surface area contributed by atoms with Crippen LogP contribution in [-0.4, -0.2) is 16.5 Å². The topological polar surface area (TPSA) is 37.8 Å². The van der Waals surface area contributed by atoms with Crippen LogP contribution >= 0.6 is 15.9 Å². The molecule has 118 valence electrons. The molecular formula is C17H28BrN3. The van der Waals surface area contributed by atoms with Gasteiger partial charge in [-0.3, -0.25) is 0 Å². The summed E-state index contributed by atoms with van der Waals surface area (Å²) in [5.41, 5.74) is 0.469. The number of aryl methyl sites for hydroxylation is 1. The number of nitrogens with zero attached hydrogens (tertiary/aromatic N) is 2. The van der Waals surface area contributed by atoms with Crippen molar-refractivity contribution < 1.29 is 0 Å². The summed E-state index contributed by atoms with van der Waals surface area (Å²) < 4.78 is 0.882. The monoisotopic (exact) mass is 353 g/mol. The first-order chi connectivity index (χ1) is 10.0. The van der Waals surface area contributed by atoms with Crippen molar-refractivity contribution in [2.45, 2.75) is 65.7 Å². The standard InChI is InChI=1S/C17H28BrN3/c1-4-7-15-20-14(18)10-16(21-15)19-12-17(11-13(2)3)8-5-6-9-17/h10,13H,4-9,11-12H2,1-3H3,(H,19,20,21). The minimum atomic E-state index is 0.469. The van der Waals surface area contributed by atoms with E-state index in [1.165, 1.54) is 32.1 Å². The van der Waals surface area contributed by atoms with Crippen molar-refractivity contribution in [3.8, 4) is 0 Å². The van der Waals surface area contributed by atoms with Crippen LogP contribution in [0.25, 0.3) is 0 Å². The highest BCUT2D eigenvalue weighted by molar-refractivity contribution is 9.10. The van der Waals surface area contributed by atoms with Gasteiger partial charge in [0.25, 0.3) is 0 Å². The number of anilines is 1. The van der Waals surface area contributed by atoms with Crippen LogP contribution in [0.2, 0.25) is 0 Å². The molecule has 0 aromatic carbocycles. The van der Waals surface area contributed by atoms with Gasteiger partial charge in [0.1, 0.15) is 16.2 Å². The van der Waals surface area contributed by atoms with Crippen molar-refractivity contribution in [2.24, 2.45) is 11.3 Å². The van der Waals surface area contributed by atoms with Gasteiger partial charge in [-0.15, -0.1) is 0 Å². The average Bonchev–Trinajstić information content (AvgIpc) is 2.84. The van der Waals surface area contributed by atoms with E-state index in [0.717, 1.165) is 41.5 Å². The summed E-state index contributed by atoms with van der Waals surface area (Å²) in [4.78, 5) is 9.08. The molecule has 1 aliphatic rings. The van der Waals surface area contributed by atoms with E-state index in [9.17, 15) is 0 Å². The Balaban J connectivity index is 2.03. The lowest BCUT2D eigenvalue weighted by Crippen LogP contribution is -2.28. The predicted octanol–water partition coefficient (Wildman–Crippen LogP) is 5.21. The highest BCUT2D eigenvalue weighted by atomic mass is 79.9. The molecule has 1 fully saturated rings. The molecule has 2 rings (SSSR count). The molecule has 1 N–H and O–H groups in total. The van der Waals surface area contributed by atoms with Crippen molar-refractivity contribution in [3.63, 3.8) is 0 Å². The van der Waals surface area contributed by atoms with Gasteiger partial charge >= 0.3 is 0 Å². The van der Waals surface area contributed by atoms with Crippen LogP contribution in [0.3, 0.4) is 0 Å². The highest BCUT2D eigenvalue weighted by Gasteiger charge is 2.34. The number of hydrogen-bond acceptors (Lipinski definition) is 3. The normalized spacial score (nSPS) is 17.4. The Hall–Kier alpha value is -0.640. The third-order valence-corrected chi connectivity index (χ3v) is 4.77.